The lowest BCUT2D eigenvalue weighted by atomic mass is 10.2. The van der Waals surface area contributed by atoms with Crippen LogP contribution in [0.2, 0.25) is 0 Å². The zero-order valence-electron chi connectivity index (χ0n) is 13.0. The van der Waals surface area contributed by atoms with E-state index in [0.29, 0.717) is 22.9 Å². The smallest absolute Gasteiger partial charge is 0.255 e. The summed E-state index contributed by atoms with van der Waals surface area (Å²) in [4.78, 5) is 20.9. The Morgan fingerprint density at radius 1 is 1.00 bits per heavy atom. The number of pyridine rings is 1. The number of ether oxygens (including phenoxy) is 1. The zero-order valence-corrected chi connectivity index (χ0v) is 13.9. The number of hydrogen-bond acceptors (Lipinski definition) is 5. The number of hydrogen-bond donors (Lipinski definition) is 1. The van der Waals surface area contributed by atoms with Crippen LogP contribution in [0.1, 0.15) is 10.4 Å². The van der Waals surface area contributed by atoms with Crippen LogP contribution in [0, 0.1) is 0 Å². The van der Waals surface area contributed by atoms with Gasteiger partial charge in [-0.1, -0.05) is 12.1 Å². The molecule has 0 bridgehead atoms. The molecule has 1 amide bonds. The third kappa shape index (κ3) is 3.49. The van der Waals surface area contributed by atoms with E-state index < -0.39 is 0 Å². The Labute approximate surface area is 147 Å². The van der Waals surface area contributed by atoms with Gasteiger partial charge in [0, 0.05) is 23.5 Å². The van der Waals surface area contributed by atoms with Crippen LogP contribution in [0.15, 0.2) is 72.4 Å². The van der Waals surface area contributed by atoms with Crippen LogP contribution in [0.5, 0.6) is 11.6 Å². The van der Waals surface area contributed by atoms with Gasteiger partial charge in [-0.3, -0.25) is 4.79 Å². The molecule has 2 heterocycles. The van der Waals surface area contributed by atoms with Gasteiger partial charge >= 0.3 is 0 Å². The van der Waals surface area contributed by atoms with Gasteiger partial charge in [0.05, 0.1) is 15.7 Å². The molecule has 0 aliphatic heterocycles. The highest BCUT2D eigenvalue weighted by Crippen LogP contribution is 2.23. The lowest BCUT2D eigenvalue weighted by Crippen LogP contribution is -2.11. The summed E-state index contributed by atoms with van der Waals surface area (Å²) in [6, 6.07) is 18.1. The summed E-state index contributed by atoms with van der Waals surface area (Å²) in [6.07, 6.45) is 1.65. The van der Waals surface area contributed by atoms with Crippen LogP contribution in [0.25, 0.3) is 10.2 Å². The first kappa shape index (κ1) is 15.3. The maximum absolute atomic E-state index is 12.5. The lowest BCUT2D eigenvalue weighted by Gasteiger charge is -2.08. The normalized spacial score (nSPS) is 10.6. The number of carbonyl (C=O) groups is 1. The summed E-state index contributed by atoms with van der Waals surface area (Å²) in [6.45, 7) is 0. The molecular formula is C19H13N3O2S. The maximum Gasteiger partial charge on any atom is 0.255 e. The molecule has 122 valence electrons. The molecule has 0 radical (unpaired) electrons. The minimum atomic E-state index is -0.207. The van der Waals surface area contributed by atoms with Crippen LogP contribution in [0.3, 0.4) is 0 Å². The summed E-state index contributed by atoms with van der Waals surface area (Å²) >= 11 is 1.57. The van der Waals surface area contributed by atoms with E-state index in [1.807, 2.05) is 30.3 Å². The predicted molar refractivity (Wildman–Crippen MR) is 98.3 cm³/mol. The van der Waals surface area contributed by atoms with E-state index in [0.717, 1.165) is 10.2 Å². The van der Waals surface area contributed by atoms with Crippen molar-refractivity contribution < 1.29 is 9.53 Å². The number of nitrogens with one attached hydrogen (secondary N) is 1. The van der Waals surface area contributed by atoms with Crippen molar-refractivity contribution in [3.8, 4) is 11.6 Å². The second-order valence-electron chi connectivity index (χ2n) is 5.29. The number of nitrogens with zero attached hydrogens (tertiary/aromatic N) is 2. The molecule has 5 nitrogen and oxygen atoms in total. The van der Waals surface area contributed by atoms with Crippen molar-refractivity contribution in [1.29, 1.82) is 0 Å². The fourth-order valence-electron chi connectivity index (χ4n) is 2.37. The lowest BCUT2D eigenvalue weighted by molar-refractivity contribution is 0.102. The van der Waals surface area contributed by atoms with Crippen molar-refractivity contribution >= 4 is 33.1 Å². The first-order valence-electron chi connectivity index (χ1n) is 7.61. The Morgan fingerprint density at radius 3 is 2.84 bits per heavy atom. The van der Waals surface area contributed by atoms with Crippen molar-refractivity contribution in [3.05, 3.63) is 77.9 Å². The second-order valence-corrected chi connectivity index (χ2v) is 6.17. The molecule has 0 saturated carbocycles. The molecule has 25 heavy (non-hydrogen) atoms. The number of anilines is 1. The van der Waals surface area contributed by atoms with E-state index in [1.165, 1.54) is 0 Å². The Balaban J connectivity index is 1.52. The molecule has 0 unspecified atom stereocenters. The predicted octanol–water partition coefficient (Wildman–Crippen LogP) is 4.74. The van der Waals surface area contributed by atoms with E-state index in [2.05, 4.69) is 15.3 Å². The van der Waals surface area contributed by atoms with Gasteiger partial charge < -0.3 is 10.1 Å². The largest absolute Gasteiger partial charge is 0.439 e. The van der Waals surface area contributed by atoms with Gasteiger partial charge in [-0.2, -0.15) is 0 Å². The van der Waals surface area contributed by atoms with Gasteiger partial charge in [0.15, 0.2) is 0 Å². The van der Waals surface area contributed by atoms with Crippen molar-refractivity contribution in [2.24, 2.45) is 0 Å². The maximum atomic E-state index is 12.5. The van der Waals surface area contributed by atoms with E-state index in [1.54, 1.807) is 53.4 Å². The zero-order chi connectivity index (χ0) is 17.1. The fraction of sp³-hybridized carbons (Fsp3) is 0. The molecule has 0 spiro atoms. The minimum Gasteiger partial charge on any atom is -0.439 e. The third-order valence-electron chi connectivity index (χ3n) is 3.54. The highest BCUT2D eigenvalue weighted by atomic mass is 32.1. The summed E-state index contributed by atoms with van der Waals surface area (Å²) < 4.78 is 6.75. The standard InChI is InChI=1S/C19H13N3O2S/c23-19(22-14-7-8-17-16(11-14)21-12-25-17)13-4-3-5-15(10-13)24-18-6-1-2-9-20-18/h1-12H,(H,22,23). The monoisotopic (exact) mass is 347 g/mol. The molecule has 0 aliphatic rings. The molecule has 2 aromatic heterocycles. The molecule has 1 N–H and O–H groups in total. The molecule has 6 heteroatoms. The number of benzene rings is 2. The van der Waals surface area contributed by atoms with Crippen LogP contribution >= 0.6 is 11.3 Å². The number of thiazole rings is 1. The summed E-state index contributed by atoms with van der Waals surface area (Å²) in [5.41, 5.74) is 3.87. The van der Waals surface area contributed by atoms with Gasteiger partial charge in [0.2, 0.25) is 5.88 Å². The Kier molecular flexibility index (Phi) is 4.10. The minimum absolute atomic E-state index is 0.207. The van der Waals surface area contributed by atoms with Gasteiger partial charge in [-0.15, -0.1) is 11.3 Å². The number of fused-ring (bicyclic) bond motifs is 1. The highest BCUT2D eigenvalue weighted by Gasteiger charge is 2.09. The highest BCUT2D eigenvalue weighted by molar-refractivity contribution is 7.16. The summed E-state index contributed by atoms with van der Waals surface area (Å²) in [5, 5.41) is 2.89. The third-order valence-corrected chi connectivity index (χ3v) is 4.35. The molecule has 0 aliphatic carbocycles. The van der Waals surface area contributed by atoms with Crippen LogP contribution in [-0.4, -0.2) is 15.9 Å². The summed E-state index contributed by atoms with van der Waals surface area (Å²) in [7, 11) is 0. The van der Waals surface area contributed by atoms with Crippen molar-refractivity contribution in [2.45, 2.75) is 0 Å². The molecular weight excluding hydrogens is 334 g/mol. The van der Waals surface area contributed by atoms with Crippen molar-refractivity contribution in [2.75, 3.05) is 5.32 Å². The number of aromatic nitrogens is 2. The molecule has 4 aromatic rings. The average Bonchev–Trinajstić information content (AvgIpc) is 3.10. The average molecular weight is 347 g/mol. The quantitative estimate of drug-likeness (QED) is 0.579. The van der Waals surface area contributed by atoms with Gasteiger partial charge in [0.1, 0.15) is 5.75 Å². The van der Waals surface area contributed by atoms with E-state index in [4.69, 9.17) is 4.74 Å². The fourth-order valence-corrected chi connectivity index (χ4v) is 3.03. The van der Waals surface area contributed by atoms with Gasteiger partial charge in [-0.25, -0.2) is 9.97 Å². The molecule has 0 saturated heterocycles. The van der Waals surface area contributed by atoms with Crippen LogP contribution in [0.4, 0.5) is 5.69 Å². The first-order valence-corrected chi connectivity index (χ1v) is 8.49. The van der Waals surface area contributed by atoms with Crippen molar-refractivity contribution in [1.82, 2.24) is 9.97 Å². The van der Waals surface area contributed by atoms with E-state index >= 15 is 0 Å². The van der Waals surface area contributed by atoms with Gasteiger partial charge in [-0.05, 0) is 42.5 Å². The molecule has 2 aromatic carbocycles. The van der Waals surface area contributed by atoms with Crippen LogP contribution in [-0.2, 0) is 0 Å². The van der Waals surface area contributed by atoms with E-state index in [9.17, 15) is 4.79 Å². The van der Waals surface area contributed by atoms with Crippen molar-refractivity contribution in [3.63, 3.8) is 0 Å². The topological polar surface area (TPSA) is 64.1 Å². The second kappa shape index (κ2) is 6.70. The Hall–Kier alpha value is -3.25. The molecule has 0 atom stereocenters. The molecule has 0 fully saturated rings. The number of amides is 1. The Morgan fingerprint density at radius 2 is 1.96 bits per heavy atom. The molecule has 4 rings (SSSR count). The van der Waals surface area contributed by atoms with E-state index in [-0.39, 0.29) is 5.91 Å². The Bertz CT molecular complexity index is 1030. The first-order chi connectivity index (χ1) is 12.3. The van der Waals surface area contributed by atoms with Crippen LogP contribution < -0.4 is 10.1 Å². The SMILES string of the molecule is O=C(Nc1ccc2scnc2c1)c1cccc(Oc2ccccn2)c1. The summed E-state index contributed by atoms with van der Waals surface area (Å²) in [5.74, 6) is 0.830. The number of rotatable bonds is 4. The number of carbonyl (C=O) groups excluding carboxylic acids is 1. The van der Waals surface area contributed by atoms with Gasteiger partial charge in [0.25, 0.3) is 5.91 Å².